The Bertz CT molecular complexity index is 414. The molecule has 0 atom stereocenters. The van der Waals surface area contributed by atoms with Gasteiger partial charge in [-0.3, -0.25) is 0 Å². The van der Waals surface area contributed by atoms with Gasteiger partial charge in [-0.05, 0) is 19.9 Å². The van der Waals surface area contributed by atoms with Gasteiger partial charge in [-0.15, -0.1) is 12.4 Å². The molecule has 0 fully saturated rings. The Hall–Kier alpha value is -0.560. The van der Waals surface area contributed by atoms with E-state index in [9.17, 15) is 8.42 Å². The fourth-order valence-electron chi connectivity index (χ4n) is 1.15. The highest BCUT2D eigenvalue weighted by Crippen LogP contribution is 2.18. The third-order valence-electron chi connectivity index (χ3n) is 1.72. The zero-order valence-corrected chi connectivity index (χ0v) is 10.2. The summed E-state index contributed by atoms with van der Waals surface area (Å²) >= 11 is 0. The standard InChI is InChI=1S/C8H14N2O3S.ClH/c1-6-5-8(7(2)13-6)14(11,12)10-4-3-9;/h5,10H,3-4,9H2,1-2H3;1H. The second-order valence-corrected chi connectivity index (χ2v) is 4.70. The largest absolute Gasteiger partial charge is 0.465 e. The van der Waals surface area contributed by atoms with Gasteiger partial charge in [-0.2, -0.15) is 0 Å². The van der Waals surface area contributed by atoms with Crippen molar-refractivity contribution in [2.45, 2.75) is 18.7 Å². The molecule has 0 aliphatic rings. The minimum Gasteiger partial charge on any atom is -0.465 e. The predicted octanol–water partition coefficient (Wildman–Crippen LogP) is 0.555. The fraction of sp³-hybridized carbons (Fsp3) is 0.500. The summed E-state index contributed by atoms with van der Waals surface area (Å²) in [5.41, 5.74) is 5.21. The minimum absolute atomic E-state index is 0. The van der Waals surface area contributed by atoms with Gasteiger partial charge < -0.3 is 10.2 Å². The third kappa shape index (κ3) is 3.49. The maximum atomic E-state index is 11.6. The zero-order chi connectivity index (χ0) is 10.8. The van der Waals surface area contributed by atoms with Crippen molar-refractivity contribution in [3.05, 3.63) is 17.6 Å². The van der Waals surface area contributed by atoms with Gasteiger partial charge in [0, 0.05) is 13.1 Å². The first-order chi connectivity index (χ1) is 6.47. The maximum Gasteiger partial charge on any atom is 0.244 e. The molecule has 0 amide bonds. The molecule has 1 heterocycles. The first-order valence-electron chi connectivity index (χ1n) is 4.24. The number of nitrogens with two attached hydrogens (primary N) is 1. The third-order valence-corrected chi connectivity index (χ3v) is 3.29. The first kappa shape index (κ1) is 14.4. The second kappa shape index (κ2) is 5.50. The summed E-state index contributed by atoms with van der Waals surface area (Å²) in [7, 11) is -3.46. The molecule has 0 spiro atoms. The first-order valence-corrected chi connectivity index (χ1v) is 5.72. The molecule has 0 radical (unpaired) electrons. The summed E-state index contributed by atoms with van der Waals surface area (Å²) in [5.74, 6) is 0.975. The van der Waals surface area contributed by atoms with Gasteiger partial charge in [-0.1, -0.05) is 0 Å². The Labute approximate surface area is 95.5 Å². The van der Waals surface area contributed by atoms with Crippen molar-refractivity contribution in [1.82, 2.24) is 4.72 Å². The van der Waals surface area contributed by atoms with Crippen molar-refractivity contribution in [3.63, 3.8) is 0 Å². The molecule has 88 valence electrons. The van der Waals surface area contributed by atoms with Crippen LogP contribution in [0.1, 0.15) is 11.5 Å². The summed E-state index contributed by atoms with van der Waals surface area (Å²) in [6.45, 7) is 3.82. The van der Waals surface area contributed by atoms with Gasteiger partial charge >= 0.3 is 0 Å². The van der Waals surface area contributed by atoms with E-state index in [0.717, 1.165) is 0 Å². The van der Waals surface area contributed by atoms with Crippen LogP contribution in [-0.2, 0) is 10.0 Å². The molecule has 0 unspecified atom stereocenters. The van der Waals surface area contributed by atoms with Crippen LogP contribution >= 0.6 is 12.4 Å². The van der Waals surface area contributed by atoms with Crippen LogP contribution in [0.5, 0.6) is 0 Å². The predicted molar refractivity (Wildman–Crippen MR) is 59.7 cm³/mol. The number of hydrogen-bond acceptors (Lipinski definition) is 4. The van der Waals surface area contributed by atoms with Gasteiger partial charge in [0.2, 0.25) is 10.0 Å². The second-order valence-electron chi connectivity index (χ2n) is 2.96. The van der Waals surface area contributed by atoms with Gasteiger partial charge in [0.1, 0.15) is 16.4 Å². The summed E-state index contributed by atoms with van der Waals surface area (Å²) in [4.78, 5) is 0.184. The minimum atomic E-state index is -3.46. The molecule has 1 rings (SSSR count). The molecular weight excluding hydrogens is 240 g/mol. The molecular formula is C8H15ClN2O3S. The Morgan fingerprint density at radius 3 is 2.47 bits per heavy atom. The van der Waals surface area contributed by atoms with E-state index in [1.54, 1.807) is 13.8 Å². The van der Waals surface area contributed by atoms with Crippen molar-refractivity contribution >= 4 is 22.4 Å². The molecule has 3 N–H and O–H groups in total. The van der Waals surface area contributed by atoms with Crippen LogP contribution < -0.4 is 10.5 Å². The van der Waals surface area contributed by atoms with E-state index in [0.29, 0.717) is 11.5 Å². The molecule has 0 bridgehead atoms. The van der Waals surface area contributed by atoms with Gasteiger partial charge in [0.15, 0.2) is 0 Å². The highest BCUT2D eigenvalue weighted by Gasteiger charge is 2.19. The molecule has 7 heteroatoms. The topological polar surface area (TPSA) is 85.3 Å². The van der Waals surface area contributed by atoms with Crippen LogP contribution in [0, 0.1) is 13.8 Å². The van der Waals surface area contributed by atoms with Gasteiger partial charge in [-0.25, -0.2) is 13.1 Å². The lowest BCUT2D eigenvalue weighted by atomic mass is 10.4. The Morgan fingerprint density at radius 1 is 1.47 bits per heavy atom. The average molecular weight is 255 g/mol. The highest BCUT2D eigenvalue weighted by atomic mass is 35.5. The molecule has 15 heavy (non-hydrogen) atoms. The van der Waals surface area contributed by atoms with E-state index in [1.165, 1.54) is 6.07 Å². The van der Waals surface area contributed by atoms with Crippen molar-refractivity contribution < 1.29 is 12.8 Å². The van der Waals surface area contributed by atoms with E-state index in [-0.39, 0.29) is 30.4 Å². The fourth-order valence-corrected chi connectivity index (χ4v) is 2.43. The van der Waals surface area contributed by atoms with E-state index in [4.69, 9.17) is 10.2 Å². The van der Waals surface area contributed by atoms with Crippen molar-refractivity contribution in [1.29, 1.82) is 0 Å². The summed E-state index contributed by atoms with van der Waals surface area (Å²) < 4.78 is 30.7. The van der Waals surface area contributed by atoms with E-state index in [2.05, 4.69) is 4.72 Å². The van der Waals surface area contributed by atoms with E-state index < -0.39 is 10.0 Å². The quantitative estimate of drug-likeness (QED) is 0.822. The zero-order valence-electron chi connectivity index (χ0n) is 8.61. The summed E-state index contributed by atoms with van der Waals surface area (Å²) in [6.07, 6.45) is 0. The van der Waals surface area contributed by atoms with Crippen molar-refractivity contribution in [2.75, 3.05) is 13.1 Å². The molecule has 0 aliphatic heterocycles. The van der Waals surface area contributed by atoms with Gasteiger partial charge in [0.05, 0.1) is 0 Å². The SMILES string of the molecule is Cc1cc(S(=O)(=O)NCCN)c(C)o1.Cl. The number of sulfonamides is 1. The molecule has 1 aromatic rings. The number of aryl methyl sites for hydroxylation is 2. The van der Waals surface area contributed by atoms with Gasteiger partial charge in [0.25, 0.3) is 0 Å². The van der Waals surface area contributed by atoms with Crippen LogP contribution in [0.2, 0.25) is 0 Å². The maximum absolute atomic E-state index is 11.6. The van der Waals surface area contributed by atoms with E-state index in [1.807, 2.05) is 0 Å². The smallest absolute Gasteiger partial charge is 0.244 e. The van der Waals surface area contributed by atoms with Crippen LogP contribution in [0.15, 0.2) is 15.4 Å². The normalized spacial score (nSPS) is 11.1. The molecule has 0 aliphatic carbocycles. The lowest BCUT2D eigenvalue weighted by Crippen LogP contribution is -2.29. The Morgan fingerprint density at radius 2 is 2.07 bits per heavy atom. The average Bonchev–Trinajstić information content (AvgIpc) is 2.42. The monoisotopic (exact) mass is 254 g/mol. The highest BCUT2D eigenvalue weighted by molar-refractivity contribution is 7.89. The molecule has 1 aromatic heterocycles. The summed E-state index contributed by atoms with van der Waals surface area (Å²) in [5, 5.41) is 0. The lowest BCUT2D eigenvalue weighted by Gasteiger charge is -2.02. The van der Waals surface area contributed by atoms with Crippen LogP contribution in [-0.4, -0.2) is 21.5 Å². The Balaban J connectivity index is 0.00000196. The number of rotatable bonds is 4. The molecule has 5 nitrogen and oxygen atoms in total. The molecule has 0 saturated heterocycles. The number of hydrogen-bond donors (Lipinski definition) is 2. The van der Waals surface area contributed by atoms with Crippen LogP contribution in [0.4, 0.5) is 0 Å². The van der Waals surface area contributed by atoms with Crippen molar-refractivity contribution in [2.24, 2.45) is 5.73 Å². The van der Waals surface area contributed by atoms with E-state index >= 15 is 0 Å². The molecule has 0 aromatic carbocycles. The summed E-state index contributed by atoms with van der Waals surface area (Å²) in [6, 6.07) is 1.49. The Kier molecular flexibility index (Phi) is 5.30. The molecule has 0 saturated carbocycles. The number of furan rings is 1. The number of halogens is 1. The number of nitrogens with one attached hydrogen (secondary N) is 1. The van der Waals surface area contributed by atoms with Crippen LogP contribution in [0.3, 0.4) is 0 Å². The lowest BCUT2D eigenvalue weighted by molar-refractivity contribution is 0.495. The van der Waals surface area contributed by atoms with Crippen molar-refractivity contribution in [3.8, 4) is 0 Å². The van der Waals surface area contributed by atoms with Crippen LogP contribution in [0.25, 0.3) is 0 Å².